The topological polar surface area (TPSA) is 112 Å². The molecule has 0 atom stereocenters. The summed E-state index contributed by atoms with van der Waals surface area (Å²) >= 11 is 0. The minimum Gasteiger partial charge on any atom is -0.463 e. The highest BCUT2D eigenvalue weighted by Crippen LogP contribution is 2.29. The summed E-state index contributed by atoms with van der Waals surface area (Å²) in [5.41, 5.74) is 1.07. The first kappa shape index (κ1) is 17.6. The molecule has 3 heterocycles. The molecule has 0 aliphatic rings. The molecule has 0 aliphatic heterocycles. The molecule has 9 nitrogen and oxygen atoms in total. The average molecular weight is 358 g/mol. The van der Waals surface area contributed by atoms with Gasteiger partial charge in [-0.15, -0.1) is 0 Å². The molecule has 3 rings (SSSR count). The SMILES string of the molecule is COCCNC(=O)Cn1nc(-c2ccco2)c(-c2cc(C)no2)cc1=O. The Labute approximate surface area is 148 Å². The van der Waals surface area contributed by atoms with E-state index in [1.165, 1.54) is 19.4 Å². The number of nitrogens with one attached hydrogen (secondary N) is 1. The van der Waals surface area contributed by atoms with E-state index in [0.29, 0.717) is 41.6 Å². The van der Waals surface area contributed by atoms with Crippen molar-refractivity contribution in [2.75, 3.05) is 20.3 Å². The number of amides is 1. The third-order valence-corrected chi connectivity index (χ3v) is 3.57. The second-order valence-corrected chi connectivity index (χ2v) is 5.56. The molecule has 0 unspecified atom stereocenters. The normalized spacial score (nSPS) is 10.8. The van der Waals surface area contributed by atoms with Crippen molar-refractivity contribution in [3.05, 3.63) is 46.6 Å². The van der Waals surface area contributed by atoms with E-state index in [9.17, 15) is 9.59 Å². The van der Waals surface area contributed by atoms with Gasteiger partial charge in [0.05, 0.1) is 24.1 Å². The summed E-state index contributed by atoms with van der Waals surface area (Å²) in [4.78, 5) is 24.4. The van der Waals surface area contributed by atoms with Crippen molar-refractivity contribution in [1.82, 2.24) is 20.3 Å². The van der Waals surface area contributed by atoms with E-state index in [1.54, 1.807) is 25.1 Å². The summed E-state index contributed by atoms with van der Waals surface area (Å²) in [6.45, 7) is 2.30. The van der Waals surface area contributed by atoms with Gasteiger partial charge in [-0.1, -0.05) is 5.16 Å². The number of furan rings is 1. The Morgan fingerprint density at radius 3 is 2.85 bits per heavy atom. The molecule has 9 heteroatoms. The van der Waals surface area contributed by atoms with Gasteiger partial charge in [0.1, 0.15) is 12.2 Å². The smallest absolute Gasteiger partial charge is 0.268 e. The average Bonchev–Trinajstić information content (AvgIpc) is 3.28. The monoisotopic (exact) mass is 358 g/mol. The molecule has 3 aromatic heterocycles. The first-order valence-electron chi connectivity index (χ1n) is 7.94. The van der Waals surface area contributed by atoms with Crippen LogP contribution < -0.4 is 10.9 Å². The van der Waals surface area contributed by atoms with E-state index in [4.69, 9.17) is 13.7 Å². The number of nitrogens with zero attached hydrogens (tertiary/aromatic N) is 3. The maximum absolute atomic E-state index is 12.4. The molecule has 3 aromatic rings. The van der Waals surface area contributed by atoms with Crippen LogP contribution in [0.25, 0.3) is 22.8 Å². The highest BCUT2D eigenvalue weighted by atomic mass is 16.5. The molecule has 0 bridgehead atoms. The van der Waals surface area contributed by atoms with Crippen molar-refractivity contribution in [3.63, 3.8) is 0 Å². The predicted octanol–water partition coefficient (Wildman–Crippen LogP) is 1.23. The Balaban J connectivity index is 1.97. The highest BCUT2D eigenvalue weighted by Gasteiger charge is 2.19. The van der Waals surface area contributed by atoms with E-state index >= 15 is 0 Å². The largest absolute Gasteiger partial charge is 0.463 e. The van der Waals surface area contributed by atoms with Crippen molar-refractivity contribution in [2.45, 2.75) is 13.5 Å². The van der Waals surface area contributed by atoms with Crippen molar-refractivity contribution in [3.8, 4) is 22.8 Å². The van der Waals surface area contributed by atoms with Gasteiger partial charge in [-0.3, -0.25) is 9.59 Å². The third-order valence-electron chi connectivity index (χ3n) is 3.57. The van der Waals surface area contributed by atoms with E-state index in [2.05, 4.69) is 15.6 Å². The molecule has 136 valence electrons. The lowest BCUT2D eigenvalue weighted by molar-refractivity contribution is -0.122. The lowest BCUT2D eigenvalue weighted by Gasteiger charge is -2.09. The van der Waals surface area contributed by atoms with Crippen LogP contribution in [0.1, 0.15) is 5.69 Å². The number of carbonyl (C=O) groups excluding carboxylic acids is 1. The molecular weight excluding hydrogens is 340 g/mol. The Kier molecular flexibility index (Phi) is 5.28. The number of ether oxygens (including phenoxy) is 1. The predicted molar refractivity (Wildman–Crippen MR) is 91.3 cm³/mol. The summed E-state index contributed by atoms with van der Waals surface area (Å²) < 4.78 is 16.6. The summed E-state index contributed by atoms with van der Waals surface area (Å²) in [6.07, 6.45) is 1.50. The van der Waals surface area contributed by atoms with E-state index in [-0.39, 0.29) is 12.5 Å². The van der Waals surface area contributed by atoms with Crippen LogP contribution >= 0.6 is 0 Å². The summed E-state index contributed by atoms with van der Waals surface area (Å²) in [5, 5.41) is 10.8. The fraction of sp³-hybridized carbons (Fsp3) is 0.294. The standard InChI is InChI=1S/C17H18N4O5/c1-11-8-14(26-20-11)12-9-16(23)21(10-15(22)18-5-7-24-2)19-17(12)13-4-3-6-25-13/h3-4,6,8-9H,5,7,10H2,1-2H3,(H,18,22). The van der Waals surface area contributed by atoms with Crippen LogP contribution in [0.3, 0.4) is 0 Å². The van der Waals surface area contributed by atoms with Crippen LogP contribution in [0.15, 0.2) is 44.3 Å². The zero-order chi connectivity index (χ0) is 18.5. The number of hydrogen-bond acceptors (Lipinski definition) is 7. The number of rotatable bonds is 7. The van der Waals surface area contributed by atoms with Crippen LogP contribution in [0.5, 0.6) is 0 Å². The second kappa shape index (κ2) is 7.79. The van der Waals surface area contributed by atoms with Crippen LogP contribution in [0.4, 0.5) is 0 Å². The van der Waals surface area contributed by atoms with Gasteiger partial charge in [0.2, 0.25) is 5.91 Å². The maximum atomic E-state index is 12.4. The minimum atomic E-state index is -0.439. The fourth-order valence-electron chi connectivity index (χ4n) is 2.36. The molecule has 0 radical (unpaired) electrons. The van der Waals surface area contributed by atoms with Gasteiger partial charge < -0.3 is 19.0 Å². The number of aryl methyl sites for hydroxylation is 1. The van der Waals surface area contributed by atoms with Gasteiger partial charge in [-0.05, 0) is 19.1 Å². The number of methoxy groups -OCH3 is 1. The number of carbonyl (C=O) groups is 1. The summed E-state index contributed by atoms with van der Waals surface area (Å²) in [7, 11) is 1.54. The number of aromatic nitrogens is 3. The van der Waals surface area contributed by atoms with Crippen molar-refractivity contribution >= 4 is 5.91 Å². The molecular formula is C17H18N4O5. The van der Waals surface area contributed by atoms with Gasteiger partial charge in [-0.25, -0.2) is 4.68 Å². The molecule has 0 saturated carbocycles. The second-order valence-electron chi connectivity index (χ2n) is 5.56. The molecule has 0 fully saturated rings. The first-order chi connectivity index (χ1) is 12.6. The van der Waals surface area contributed by atoms with Crippen LogP contribution in [0.2, 0.25) is 0 Å². The fourth-order valence-corrected chi connectivity index (χ4v) is 2.36. The van der Waals surface area contributed by atoms with Gasteiger partial charge in [0, 0.05) is 25.8 Å². The lowest BCUT2D eigenvalue weighted by atomic mass is 10.1. The van der Waals surface area contributed by atoms with Crippen LogP contribution in [-0.2, 0) is 16.1 Å². The van der Waals surface area contributed by atoms with Crippen LogP contribution in [0, 0.1) is 6.92 Å². The van der Waals surface area contributed by atoms with Crippen molar-refractivity contribution < 1.29 is 18.5 Å². The van der Waals surface area contributed by atoms with E-state index in [1.807, 2.05) is 0 Å². The highest BCUT2D eigenvalue weighted by molar-refractivity contribution is 5.77. The van der Waals surface area contributed by atoms with E-state index < -0.39 is 5.56 Å². The zero-order valence-corrected chi connectivity index (χ0v) is 14.4. The molecule has 0 saturated heterocycles. The third kappa shape index (κ3) is 3.89. The lowest BCUT2D eigenvalue weighted by Crippen LogP contribution is -2.35. The Hall–Kier alpha value is -3.20. The van der Waals surface area contributed by atoms with Gasteiger partial charge in [-0.2, -0.15) is 5.10 Å². The van der Waals surface area contributed by atoms with Crippen molar-refractivity contribution in [1.29, 1.82) is 0 Å². The Morgan fingerprint density at radius 2 is 2.19 bits per heavy atom. The zero-order valence-electron chi connectivity index (χ0n) is 14.4. The molecule has 1 amide bonds. The molecule has 0 aliphatic carbocycles. The molecule has 0 aromatic carbocycles. The van der Waals surface area contributed by atoms with Crippen LogP contribution in [-0.4, -0.2) is 41.1 Å². The minimum absolute atomic E-state index is 0.216. The summed E-state index contributed by atoms with van der Waals surface area (Å²) in [6, 6.07) is 6.47. The van der Waals surface area contributed by atoms with E-state index in [0.717, 1.165) is 4.68 Å². The summed E-state index contributed by atoms with van der Waals surface area (Å²) in [5.74, 6) is 0.503. The molecule has 0 spiro atoms. The van der Waals surface area contributed by atoms with Gasteiger partial charge in [0.25, 0.3) is 5.56 Å². The van der Waals surface area contributed by atoms with Gasteiger partial charge in [0.15, 0.2) is 11.5 Å². The molecule has 26 heavy (non-hydrogen) atoms. The van der Waals surface area contributed by atoms with Crippen molar-refractivity contribution in [2.24, 2.45) is 0 Å². The first-order valence-corrected chi connectivity index (χ1v) is 7.94. The molecule has 1 N–H and O–H groups in total. The quantitative estimate of drug-likeness (QED) is 0.632. The Morgan fingerprint density at radius 1 is 1.35 bits per heavy atom. The Bertz CT molecular complexity index is 942. The maximum Gasteiger partial charge on any atom is 0.268 e. The van der Waals surface area contributed by atoms with Gasteiger partial charge >= 0.3 is 0 Å². The number of hydrogen-bond donors (Lipinski definition) is 1.